The molecule has 2 aromatic rings. The molecule has 0 saturated heterocycles. The molecule has 0 aliphatic carbocycles. The number of rotatable bonds is 14. The lowest BCUT2D eigenvalue weighted by Gasteiger charge is -2.39. The molecule has 0 heterocycles. The molecule has 0 radical (unpaired) electrons. The van der Waals surface area contributed by atoms with Crippen molar-refractivity contribution in [3.05, 3.63) is 71.8 Å². The number of unbranched alkanes of at least 4 members (excludes halogenated alkanes) is 3. The van der Waals surface area contributed by atoms with E-state index in [0.717, 1.165) is 25.9 Å². The minimum atomic E-state index is -0.107. The van der Waals surface area contributed by atoms with E-state index < -0.39 is 0 Å². The van der Waals surface area contributed by atoms with Crippen molar-refractivity contribution in [2.24, 2.45) is 11.8 Å². The van der Waals surface area contributed by atoms with Gasteiger partial charge in [0.25, 0.3) is 0 Å². The lowest BCUT2D eigenvalue weighted by Crippen LogP contribution is -2.46. The summed E-state index contributed by atoms with van der Waals surface area (Å²) in [6.45, 7) is 10.7. The molecule has 3 heteroatoms. The smallest absolute Gasteiger partial charge is 0.310 e. The standard InChI is InChI=1S/C28H41NO2/c1-5-7-8-15-20-26(28(30)31-6-2)27(23(3)4)29(21-24-16-11-9-12-17-24)22-25-18-13-10-14-19-25/h9-14,16-19,23,26-27H,5-8,15,20-22H2,1-4H3. The first kappa shape index (κ1) is 25.1. The van der Waals surface area contributed by atoms with E-state index in [9.17, 15) is 4.79 Å². The maximum absolute atomic E-state index is 13.1. The Hall–Kier alpha value is -2.13. The fraction of sp³-hybridized carbons (Fsp3) is 0.536. The first-order valence-corrected chi connectivity index (χ1v) is 12.0. The molecule has 0 bridgehead atoms. The second-order valence-corrected chi connectivity index (χ2v) is 8.82. The lowest BCUT2D eigenvalue weighted by molar-refractivity contribution is -0.152. The summed E-state index contributed by atoms with van der Waals surface area (Å²) in [5.41, 5.74) is 2.55. The van der Waals surface area contributed by atoms with Gasteiger partial charge in [-0.15, -0.1) is 0 Å². The van der Waals surface area contributed by atoms with Gasteiger partial charge >= 0.3 is 5.97 Å². The van der Waals surface area contributed by atoms with Crippen molar-refractivity contribution in [2.75, 3.05) is 6.61 Å². The predicted octanol–water partition coefficient (Wildman–Crippen LogP) is 6.86. The highest BCUT2D eigenvalue weighted by Crippen LogP contribution is 2.29. The van der Waals surface area contributed by atoms with Crippen molar-refractivity contribution in [2.45, 2.75) is 78.9 Å². The van der Waals surface area contributed by atoms with Gasteiger partial charge in [-0.1, -0.05) is 107 Å². The Balaban J connectivity index is 2.33. The van der Waals surface area contributed by atoms with Gasteiger partial charge in [-0.3, -0.25) is 9.69 Å². The van der Waals surface area contributed by atoms with Crippen LogP contribution in [0.25, 0.3) is 0 Å². The maximum atomic E-state index is 13.1. The molecule has 0 fully saturated rings. The molecule has 31 heavy (non-hydrogen) atoms. The van der Waals surface area contributed by atoms with Crippen LogP contribution in [0.2, 0.25) is 0 Å². The normalized spacial score (nSPS) is 13.4. The van der Waals surface area contributed by atoms with Gasteiger partial charge in [-0.25, -0.2) is 0 Å². The van der Waals surface area contributed by atoms with Gasteiger partial charge in [0.2, 0.25) is 0 Å². The summed E-state index contributed by atoms with van der Waals surface area (Å²) in [5.74, 6) is 0.195. The number of ether oxygens (including phenoxy) is 1. The number of nitrogens with zero attached hydrogens (tertiary/aromatic N) is 1. The summed E-state index contributed by atoms with van der Waals surface area (Å²) in [4.78, 5) is 15.6. The first-order chi connectivity index (χ1) is 15.1. The Kier molecular flexibility index (Phi) is 11.4. The zero-order valence-electron chi connectivity index (χ0n) is 19.9. The van der Waals surface area contributed by atoms with Crippen LogP contribution < -0.4 is 0 Å². The molecule has 0 amide bonds. The summed E-state index contributed by atoms with van der Waals surface area (Å²) < 4.78 is 5.58. The fourth-order valence-corrected chi connectivity index (χ4v) is 4.51. The first-order valence-electron chi connectivity index (χ1n) is 12.0. The molecule has 170 valence electrons. The maximum Gasteiger partial charge on any atom is 0.310 e. The largest absolute Gasteiger partial charge is 0.466 e. The number of hydrogen-bond donors (Lipinski definition) is 0. The fourth-order valence-electron chi connectivity index (χ4n) is 4.51. The van der Waals surface area contributed by atoms with Crippen LogP contribution in [0.15, 0.2) is 60.7 Å². The van der Waals surface area contributed by atoms with Crippen LogP contribution in [-0.2, 0) is 22.6 Å². The zero-order chi connectivity index (χ0) is 22.5. The van der Waals surface area contributed by atoms with E-state index in [1.165, 1.54) is 30.4 Å². The molecule has 2 aromatic carbocycles. The van der Waals surface area contributed by atoms with Gasteiger partial charge in [0.15, 0.2) is 0 Å². The third-order valence-electron chi connectivity index (χ3n) is 5.93. The summed E-state index contributed by atoms with van der Waals surface area (Å²) in [7, 11) is 0. The van der Waals surface area contributed by atoms with E-state index in [1.807, 2.05) is 6.92 Å². The van der Waals surface area contributed by atoms with Crippen molar-refractivity contribution in [3.8, 4) is 0 Å². The van der Waals surface area contributed by atoms with Crippen LogP contribution >= 0.6 is 0 Å². The molecule has 0 saturated carbocycles. The molecule has 0 aliphatic heterocycles. The van der Waals surface area contributed by atoms with Crippen LogP contribution in [-0.4, -0.2) is 23.5 Å². The van der Waals surface area contributed by atoms with Gasteiger partial charge in [-0.2, -0.15) is 0 Å². The predicted molar refractivity (Wildman–Crippen MR) is 130 cm³/mol. The number of carbonyl (C=O) groups is 1. The van der Waals surface area contributed by atoms with E-state index in [1.54, 1.807) is 0 Å². The van der Waals surface area contributed by atoms with Gasteiger partial charge < -0.3 is 4.74 Å². The molecule has 0 spiro atoms. The van der Waals surface area contributed by atoms with Gasteiger partial charge in [0, 0.05) is 19.1 Å². The van der Waals surface area contributed by atoms with Crippen LogP contribution in [0.3, 0.4) is 0 Å². The Morgan fingerprint density at radius 3 is 1.84 bits per heavy atom. The molecular weight excluding hydrogens is 382 g/mol. The van der Waals surface area contributed by atoms with E-state index in [2.05, 4.69) is 86.3 Å². The van der Waals surface area contributed by atoms with Gasteiger partial charge in [0.05, 0.1) is 12.5 Å². The molecular formula is C28H41NO2. The highest BCUT2D eigenvalue weighted by atomic mass is 16.5. The molecule has 2 rings (SSSR count). The molecule has 3 nitrogen and oxygen atoms in total. The zero-order valence-corrected chi connectivity index (χ0v) is 19.9. The Morgan fingerprint density at radius 1 is 0.839 bits per heavy atom. The highest BCUT2D eigenvalue weighted by Gasteiger charge is 2.35. The minimum Gasteiger partial charge on any atom is -0.466 e. The summed E-state index contributed by atoms with van der Waals surface area (Å²) in [6.07, 6.45) is 5.56. The van der Waals surface area contributed by atoms with Gasteiger partial charge in [-0.05, 0) is 30.4 Å². The number of carbonyl (C=O) groups excluding carboxylic acids is 1. The van der Waals surface area contributed by atoms with E-state index >= 15 is 0 Å². The minimum absolute atomic E-state index is 0.0381. The quantitative estimate of drug-likeness (QED) is 0.245. The van der Waals surface area contributed by atoms with Crippen molar-refractivity contribution in [1.82, 2.24) is 4.90 Å². The highest BCUT2D eigenvalue weighted by molar-refractivity contribution is 5.73. The topological polar surface area (TPSA) is 29.5 Å². The Labute approximate surface area is 189 Å². The third kappa shape index (κ3) is 8.49. The summed E-state index contributed by atoms with van der Waals surface area (Å²) >= 11 is 0. The Bertz CT molecular complexity index is 688. The number of esters is 1. The van der Waals surface area contributed by atoms with Gasteiger partial charge in [0.1, 0.15) is 0 Å². The van der Waals surface area contributed by atoms with Crippen LogP contribution in [0, 0.1) is 11.8 Å². The third-order valence-corrected chi connectivity index (χ3v) is 5.93. The SMILES string of the molecule is CCCCCCC(C(=O)OCC)C(C(C)C)N(Cc1ccccc1)Cc1ccccc1. The molecule has 2 atom stereocenters. The second kappa shape index (κ2) is 14.0. The van der Waals surface area contributed by atoms with Crippen molar-refractivity contribution >= 4 is 5.97 Å². The average Bonchev–Trinajstić information content (AvgIpc) is 2.77. The number of benzene rings is 2. The van der Waals surface area contributed by atoms with Crippen molar-refractivity contribution in [1.29, 1.82) is 0 Å². The Morgan fingerprint density at radius 2 is 1.39 bits per heavy atom. The molecule has 2 unspecified atom stereocenters. The lowest BCUT2D eigenvalue weighted by atomic mass is 9.84. The second-order valence-electron chi connectivity index (χ2n) is 8.82. The molecule has 0 aromatic heterocycles. The summed E-state index contributed by atoms with van der Waals surface area (Å²) in [6, 6.07) is 21.3. The monoisotopic (exact) mass is 423 g/mol. The molecule has 0 aliphatic rings. The summed E-state index contributed by atoms with van der Waals surface area (Å²) in [5, 5.41) is 0. The molecule has 0 N–H and O–H groups in total. The van der Waals surface area contributed by atoms with Crippen LogP contribution in [0.1, 0.15) is 70.9 Å². The number of hydrogen-bond acceptors (Lipinski definition) is 3. The van der Waals surface area contributed by atoms with Crippen molar-refractivity contribution < 1.29 is 9.53 Å². The van der Waals surface area contributed by atoms with E-state index in [-0.39, 0.29) is 17.9 Å². The van der Waals surface area contributed by atoms with Crippen LogP contribution in [0.4, 0.5) is 0 Å². The van der Waals surface area contributed by atoms with E-state index in [0.29, 0.717) is 12.5 Å². The van der Waals surface area contributed by atoms with E-state index in [4.69, 9.17) is 4.74 Å². The van der Waals surface area contributed by atoms with Crippen LogP contribution in [0.5, 0.6) is 0 Å². The van der Waals surface area contributed by atoms with Crippen molar-refractivity contribution in [3.63, 3.8) is 0 Å². The average molecular weight is 424 g/mol.